The number of primary amides is 1. The Labute approximate surface area is 82.2 Å². The largest absolute Gasteiger partial charge is 0.474 e. The molecule has 0 bridgehead atoms. The van der Waals surface area contributed by atoms with Crippen LogP contribution in [0.15, 0.2) is 30.3 Å². The van der Waals surface area contributed by atoms with Crippen LogP contribution in [0.25, 0.3) is 0 Å². The molecule has 0 spiro atoms. The van der Waals surface area contributed by atoms with Gasteiger partial charge in [0.15, 0.2) is 6.23 Å². The van der Waals surface area contributed by atoms with Crippen LogP contribution in [0, 0.1) is 0 Å². The van der Waals surface area contributed by atoms with Crippen LogP contribution < -0.4 is 21.3 Å². The van der Waals surface area contributed by atoms with Gasteiger partial charge in [0.2, 0.25) is 0 Å². The van der Waals surface area contributed by atoms with Crippen LogP contribution >= 0.6 is 0 Å². The molecule has 14 heavy (non-hydrogen) atoms. The predicted molar refractivity (Wildman–Crippen MR) is 52.4 cm³/mol. The molecule has 2 amide bonds. The maximum Gasteiger partial charge on any atom is 0.326 e. The summed E-state index contributed by atoms with van der Waals surface area (Å²) in [5.74, 6) is 0.721. The maximum absolute atomic E-state index is 10.3. The van der Waals surface area contributed by atoms with Gasteiger partial charge in [-0.25, -0.2) is 4.79 Å². The van der Waals surface area contributed by atoms with Crippen LogP contribution in [0.4, 0.5) is 4.79 Å². The Hall–Kier alpha value is -1.75. The molecule has 76 valence electrons. The fourth-order valence-electron chi connectivity index (χ4n) is 0.905. The molecule has 0 aliphatic rings. The Morgan fingerprint density at radius 2 is 2.07 bits per heavy atom. The standard InChI is InChI=1S/C9H13N3O2/c1-7(11-12-9(10)13)14-8-5-3-2-4-6-8/h2-7,11H,1H3,(H3,10,12,13). The number of hydrazine groups is 1. The van der Waals surface area contributed by atoms with Crippen molar-refractivity contribution in [2.24, 2.45) is 5.73 Å². The van der Waals surface area contributed by atoms with Crippen LogP contribution in [0.2, 0.25) is 0 Å². The second-order valence-corrected chi connectivity index (χ2v) is 2.71. The number of benzene rings is 1. The fraction of sp³-hybridized carbons (Fsp3) is 0.222. The van der Waals surface area contributed by atoms with E-state index < -0.39 is 6.03 Å². The Bertz CT molecular complexity index is 289. The highest BCUT2D eigenvalue weighted by Gasteiger charge is 2.02. The van der Waals surface area contributed by atoms with E-state index in [0.29, 0.717) is 0 Å². The van der Waals surface area contributed by atoms with Gasteiger partial charge in [0.05, 0.1) is 0 Å². The van der Waals surface area contributed by atoms with Gasteiger partial charge < -0.3 is 10.5 Å². The smallest absolute Gasteiger partial charge is 0.326 e. The van der Waals surface area contributed by atoms with Crippen LogP contribution in [-0.2, 0) is 0 Å². The quantitative estimate of drug-likeness (QED) is 0.486. The third-order valence-corrected chi connectivity index (χ3v) is 1.45. The molecule has 0 aromatic heterocycles. The van der Waals surface area contributed by atoms with Crippen molar-refractivity contribution in [1.29, 1.82) is 0 Å². The predicted octanol–water partition coefficient (Wildman–Crippen LogP) is 0.584. The molecule has 0 saturated heterocycles. The normalized spacial score (nSPS) is 11.8. The van der Waals surface area contributed by atoms with Crippen molar-refractivity contribution in [2.75, 3.05) is 0 Å². The molecule has 0 fully saturated rings. The van der Waals surface area contributed by atoms with E-state index >= 15 is 0 Å². The van der Waals surface area contributed by atoms with Crippen molar-refractivity contribution in [2.45, 2.75) is 13.2 Å². The first-order valence-electron chi connectivity index (χ1n) is 4.21. The zero-order valence-corrected chi connectivity index (χ0v) is 7.86. The Balaban J connectivity index is 2.34. The Morgan fingerprint density at radius 1 is 1.43 bits per heavy atom. The molecule has 5 heteroatoms. The first-order chi connectivity index (χ1) is 6.68. The zero-order chi connectivity index (χ0) is 10.4. The van der Waals surface area contributed by atoms with Crippen LogP contribution in [0.1, 0.15) is 6.92 Å². The summed E-state index contributed by atoms with van der Waals surface area (Å²) < 4.78 is 5.38. The topological polar surface area (TPSA) is 76.4 Å². The molecular weight excluding hydrogens is 182 g/mol. The maximum atomic E-state index is 10.3. The van der Waals surface area contributed by atoms with Gasteiger partial charge in [0.25, 0.3) is 0 Å². The third-order valence-electron chi connectivity index (χ3n) is 1.45. The summed E-state index contributed by atoms with van der Waals surface area (Å²) in [7, 11) is 0. The first kappa shape index (κ1) is 10.3. The molecule has 1 aromatic carbocycles. The molecule has 0 heterocycles. The average molecular weight is 195 g/mol. The van der Waals surface area contributed by atoms with E-state index in [1.54, 1.807) is 6.92 Å². The van der Waals surface area contributed by atoms with E-state index in [4.69, 9.17) is 10.5 Å². The molecule has 1 aromatic rings. The number of carbonyl (C=O) groups excluding carboxylic acids is 1. The summed E-state index contributed by atoms with van der Waals surface area (Å²) in [4.78, 5) is 10.3. The number of hydrogen-bond donors (Lipinski definition) is 3. The van der Waals surface area contributed by atoms with Gasteiger partial charge >= 0.3 is 6.03 Å². The minimum Gasteiger partial charge on any atom is -0.474 e. The second kappa shape index (κ2) is 5.08. The van der Waals surface area contributed by atoms with Crippen molar-refractivity contribution < 1.29 is 9.53 Å². The lowest BCUT2D eigenvalue weighted by Gasteiger charge is -2.15. The van der Waals surface area contributed by atoms with Crippen molar-refractivity contribution >= 4 is 6.03 Å². The average Bonchev–Trinajstić information content (AvgIpc) is 2.16. The summed E-state index contributed by atoms with van der Waals surface area (Å²) in [6.07, 6.45) is -0.343. The van der Waals surface area contributed by atoms with Gasteiger partial charge in [-0.15, -0.1) is 0 Å². The van der Waals surface area contributed by atoms with E-state index in [2.05, 4.69) is 10.9 Å². The van der Waals surface area contributed by atoms with E-state index in [1.165, 1.54) is 0 Å². The summed E-state index contributed by atoms with van der Waals surface area (Å²) in [6, 6.07) is 8.62. The number of nitrogens with two attached hydrogens (primary N) is 1. The molecule has 1 rings (SSSR count). The number of nitrogens with one attached hydrogen (secondary N) is 2. The monoisotopic (exact) mass is 195 g/mol. The van der Waals surface area contributed by atoms with Crippen molar-refractivity contribution in [3.63, 3.8) is 0 Å². The lowest BCUT2D eigenvalue weighted by atomic mass is 10.3. The third kappa shape index (κ3) is 3.77. The first-order valence-corrected chi connectivity index (χ1v) is 4.21. The highest BCUT2D eigenvalue weighted by Crippen LogP contribution is 2.09. The van der Waals surface area contributed by atoms with Crippen LogP contribution in [0.5, 0.6) is 5.75 Å². The number of hydrogen-bond acceptors (Lipinski definition) is 3. The minimum atomic E-state index is -0.645. The minimum absolute atomic E-state index is 0.343. The summed E-state index contributed by atoms with van der Waals surface area (Å²) in [5.41, 5.74) is 9.68. The second-order valence-electron chi connectivity index (χ2n) is 2.71. The number of amides is 2. The van der Waals surface area contributed by atoms with Gasteiger partial charge in [-0.1, -0.05) is 18.2 Å². The molecular formula is C9H13N3O2. The Morgan fingerprint density at radius 3 is 2.64 bits per heavy atom. The number of rotatable bonds is 4. The lowest BCUT2D eigenvalue weighted by molar-refractivity contribution is 0.163. The molecule has 5 nitrogen and oxygen atoms in total. The number of para-hydroxylation sites is 1. The van der Waals surface area contributed by atoms with Crippen molar-refractivity contribution in [1.82, 2.24) is 10.9 Å². The van der Waals surface area contributed by atoms with E-state index in [9.17, 15) is 4.79 Å². The van der Waals surface area contributed by atoms with Gasteiger partial charge in [0.1, 0.15) is 5.75 Å². The molecule has 0 radical (unpaired) electrons. The van der Waals surface area contributed by atoms with Crippen LogP contribution in [0.3, 0.4) is 0 Å². The Kier molecular flexibility index (Phi) is 3.75. The highest BCUT2D eigenvalue weighted by atomic mass is 16.5. The molecule has 0 aliphatic carbocycles. The highest BCUT2D eigenvalue weighted by molar-refractivity contribution is 5.70. The van der Waals surface area contributed by atoms with E-state index in [1.807, 2.05) is 30.3 Å². The fourth-order valence-corrected chi connectivity index (χ4v) is 0.905. The number of carbonyl (C=O) groups is 1. The van der Waals surface area contributed by atoms with Gasteiger partial charge in [-0.2, -0.15) is 5.43 Å². The zero-order valence-electron chi connectivity index (χ0n) is 7.86. The van der Waals surface area contributed by atoms with E-state index in [0.717, 1.165) is 5.75 Å². The number of urea groups is 1. The number of ether oxygens (including phenoxy) is 1. The van der Waals surface area contributed by atoms with Crippen molar-refractivity contribution in [3.8, 4) is 5.75 Å². The van der Waals surface area contributed by atoms with Crippen LogP contribution in [-0.4, -0.2) is 12.3 Å². The summed E-state index contributed by atoms with van der Waals surface area (Å²) in [5, 5.41) is 0. The lowest BCUT2D eigenvalue weighted by Crippen LogP contribution is -2.47. The van der Waals surface area contributed by atoms with Crippen molar-refractivity contribution in [3.05, 3.63) is 30.3 Å². The molecule has 0 aliphatic heterocycles. The molecule has 1 unspecified atom stereocenters. The molecule has 1 atom stereocenters. The molecule has 4 N–H and O–H groups in total. The van der Waals surface area contributed by atoms with Gasteiger partial charge in [0, 0.05) is 0 Å². The molecule has 0 saturated carbocycles. The summed E-state index contributed by atoms with van der Waals surface area (Å²) in [6.45, 7) is 1.75. The van der Waals surface area contributed by atoms with E-state index in [-0.39, 0.29) is 6.23 Å². The SMILES string of the molecule is CC(NNC(N)=O)Oc1ccccc1. The van der Waals surface area contributed by atoms with Gasteiger partial charge in [-0.05, 0) is 19.1 Å². The summed E-state index contributed by atoms with van der Waals surface area (Å²) >= 11 is 0. The van der Waals surface area contributed by atoms with Gasteiger partial charge in [-0.3, -0.25) is 5.43 Å².